The zero-order valence-corrected chi connectivity index (χ0v) is 13.5. The van der Waals surface area contributed by atoms with Crippen LogP contribution in [0.15, 0.2) is 43.0 Å². The summed E-state index contributed by atoms with van der Waals surface area (Å²) in [6.07, 6.45) is 8.21. The van der Waals surface area contributed by atoms with Crippen LogP contribution in [0.5, 0.6) is 0 Å². The van der Waals surface area contributed by atoms with Crippen LogP contribution in [0.25, 0.3) is 0 Å². The van der Waals surface area contributed by atoms with Gasteiger partial charge in [-0.1, -0.05) is 36.7 Å². The fourth-order valence-corrected chi connectivity index (χ4v) is 3.03. The topological polar surface area (TPSA) is 36.3 Å². The van der Waals surface area contributed by atoms with Gasteiger partial charge in [0, 0.05) is 23.8 Å². The van der Waals surface area contributed by atoms with Crippen molar-refractivity contribution in [2.45, 2.75) is 44.6 Å². The Labute approximate surface area is 136 Å². The Bertz CT molecular complexity index is 602. The summed E-state index contributed by atoms with van der Waals surface area (Å²) in [6, 6.07) is 7.93. The number of aromatic nitrogens is 2. The number of hydrogen-bond donors (Lipinski definition) is 0. The van der Waals surface area contributed by atoms with Crippen LogP contribution >= 0.6 is 11.6 Å². The van der Waals surface area contributed by atoms with E-state index in [0.29, 0.717) is 13.2 Å². The van der Waals surface area contributed by atoms with E-state index in [1.807, 2.05) is 29.0 Å². The third kappa shape index (κ3) is 3.51. The van der Waals surface area contributed by atoms with Crippen molar-refractivity contribution in [2.24, 2.45) is 0 Å². The smallest absolute Gasteiger partial charge is 0.187 e. The second-order valence-electron chi connectivity index (χ2n) is 5.70. The molecule has 0 saturated carbocycles. The first-order chi connectivity index (χ1) is 10.7. The van der Waals surface area contributed by atoms with E-state index >= 15 is 0 Å². The molecule has 4 nitrogen and oxygen atoms in total. The number of aryl methyl sites for hydroxylation is 1. The minimum Gasteiger partial charge on any atom is -0.345 e. The SMILES string of the molecule is CCC1COC(CCc2ccccc2Cl)(Cn2ccnc2)O1. The van der Waals surface area contributed by atoms with E-state index < -0.39 is 5.79 Å². The number of imidazole rings is 1. The minimum atomic E-state index is -0.597. The van der Waals surface area contributed by atoms with E-state index in [2.05, 4.69) is 18.0 Å². The fourth-order valence-electron chi connectivity index (χ4n) is 2.80. The van der Waals surface area contributed by atoms with E-state index in [1.54, 1.807) is 12.5 Å². The van der Waals surface area contributed by atoms with Crippen molar-refractivity contribution in [3.05, 3.63) is 53.6 Å². The molecule has 0 aliphatic carbocycles. The van der Waals surface area contributed by atoms with E-state index in [4.69, 9.17) is 21.1 Å². The van der Waals surface area contributed by atoms with Crippen LogP contribution in [0.4, 0.5) is 0 Å². The molecule has 0 amide bonds. The highest BCUT2D eigenvalue weighted by Crippen LogP contribution is 2.32. The van der Waals surface area contributed by atoms with Crippen LogP contribution in [-0.4, -0.2) is 28.0 Å². The zero-order valence-electron chi connectivity index (χ0n) is 12.7. The summed E-state index contributed by atoms with van der Waals surface area (Å²) < 4.78 is 14.3. The Hall–Kier alpha value is -1.36. The Morgan fingerprint density at radius 3 is 2.95 bits per heavy atom. The van der Waals surface area contributed by atoms with Gasteiger partial charge in [0.25, 0.3) is 0 Å². The van der Waals surface area contributed by atoms with Crippen molar-refractivity contribution in [1.29, 1.82) is 0 Å². The van der Waals surface area contributed by atoms with Gasteiger partial charge in [-0.25, -0.2) is 4.98 Å². The van der Waals surface area contributed by atoms with E-state index in [-0.39, 0.29) is 6.10 Å². The Kier molecular flexibility index (Phi) is 4.81. The molecule has 0 radical (unpaired) electrons. The molecule has 2 aromatic rings. The number of hydrogen-bond acceptors (Lipinski definition) is 3. The van der Waals surface area contributed by atoms with Crippen LogP contribution in [0.3, 0.4) is 0 Å². The predicted molar refractivity (Wildman–Crippen MR) is 85.8 cm³/mol. The third-order valence-corrected chi connectivity index (χ3v) is 4.45. The summed E-state index contributed by atoms with van der Waals surface area (Å²) in [4.78, 5) is 4.10. The summed E-state index contributed by atoms with van der Waals surface area (Å²) in [5, 5.41) is 0.797. The molecule has 1 aliphatic rings. The maximum Gasteiger partial charge on any atom is 0.187 e. The predicted octanol–water partition coefficient (Wildman–Crippen LogP) is 3.69. The quantitative estimate of drug-likeness (QED) is 0.814. The van der Waals surface area contributed by atoms with E-state index in [1.165, 1.54) is 0 Å². The summed E-state index contributed by atoms with van der Waals surface area (Å²) >= 11 is 6.26. The molecule has 0 N–H and O–H groups in total. The van der Waals surface area contributed by atoms with Gasteiger partial charge < -0.3 is 14.0 Å². The number of rotatable bonds is 6. The van der Waals surface area contributed by atoms with Crippen LogP contribution in [0.2, 0.25) is 5.02 Å². The number of nitrogens with zero attached hydrogens (tertiary/aromatic N) is 2. The highest BCUT2D eigenvalue weighted by molar-refractivity contribution is 6.31. The van der Waals surface area contributed by atoms with Crippen molar-refractivity contribution >= 4 is 11.6 Å². The lowest BCUT2D eigenvalue weighted by molar-refractivity contribution is -0.182. The first kappa shape index (κ1) is 15.5. The van der Waals surface area contributed by atoms with Gasteiger partial charge in [0.2, 0.25) is 0 Å². The molecule has 1 saturated heterocycles. The molecule has 118 valence electrons. The average Bonchev–Trinajstić information content (AvgIpc) is 3.17. The molecule has 0 bridgehead atoms. The summed E-state index contributed by atoms with van der Waals surface area (Å²) in [5.41, 5.74) is 1.13. The van der Waals surface area contributed by atoms with Crippen molar-refractivity contribution < 1.29 is 9.47 Å². The Balaban J connectivity index is 1.73. The van der Waals surface area contributed by atoms with Gasteiger partial charge in [0.1, 0.15) is 0 Å². The zero-order chi connectivity index (χ0) is 15.4. The van der Waals surface area contributed by atoms with Gasteiger partial charge in [-0.3, -0.25) is 0 Å². The maximum atomic E-state index is 6.26. The number of benzene rings is 1. The molecule has 5 heteroatoms. The largest absolute Gasteiger partial charge is 0.345 e. The van der Waals surface area contributed by atoms with Crippen molar-refractivity contribution in [3.8, 4) is 0 Å². The first-order valence-electron chi connectivity index (χ1n) is 7.72. The van der Waals surface area contributed by atoms with E-state index in [0.717, 1.165) is 29.8 Å². The summed E-state index contributed by atoms with van der Waals surface area (Å²) in [5.74, 6) is -0.597. The van der Waals surface area contributed by atoms with Crippen molar-refractivity contribution in [2.75, 3.05) is 6.61 Å². The van der Waals surface area contributed by atoms with Crippen LogP contribution < -0.4 is 0 Å². The molecular formula is C17H21ClN2O2. The van der Waals surface area contributed by atoms with Gasteiger partial charge in [0.15, 0.2) is 5.79 Å². The highest BCUT2D eigenvalue weighted by Gasteiger charge is 2.41. The molecular weight excluding hydrogens is 300 g/mol. The lowest BCUT2D eigenvalue weighted by Crippen LogP contribution is -2.36. The van der Waals surface area contributed by atoms with Crippen LogP contribution in [0, 0.1) is 0 Å². The normalized spacial score (nSPS) is 24.7. The monoisotopic (exact) mass is 320 g/mol. The molecule has 3 rings (SSSR count). The molecule has 1 aromatic carbocycles. The summed E-state index contributed by atoms with van der Waals surface area (Å²) in [7, 11) is 0. The van der Waals surface area contributed by atoms with Gasteiger partial charge in [0.05, 0.1) is 25.6 Å². The third-order valence-electron chi connectivity index (χ3n) is 4.08. The van der Waals surface area contributed by atoms with Gasteiger partial charge in [-0.15, -0.1) is 0 Å². The Morgan fingerprint density at radius 2 is 2.27 bits per heavy atom. The molecule has 2 heterocycles. The standard InChI is InChI=1S/C17H21ClN2O2/c1-2-15-11-21-17(22-15,12-20-10-9-19-13-20)8-7-14-5-3-4-6-16(14)18/h3-6,9-10,13,15H,2,7-8,11-12H2,1H3. The van der Waals surface area contributed by atoms with E-state index in [9.17, 15) is 0 Å². The lowest BCUT2D eigenvalue weighted by atomic mass is 10.0. The molecule has 1 aromatic heterocycles. The lowest BCUT2D eigenvalue weighted by Gasteiger charge is -2.28. The second kappa shape index (κ2) is 6.82. The highest BCUT2D eigenvalue weighted by atomic mass is 35.5. The maximum absolute atomic E-state index is 6.26. The molecule has 2 unspecified atom stereocenters. The fraction of sp³-hybridized carbons (Fsp3) is 0.471. The number of halogens is 1. The Morgan fingerprint density at radius 1 is 1.41 bits per heavy atom. The molecule has 22 heavy (non-hydrogen) atoms. The molecule has 0 spiro atoms. The van der Waals surface area contributed by atoms with Crippen LogP contribution in [0.1, 0.15) is 25.3 Å². The second-order valence-corrected chi connectivity index (χ2v) is 6.10. The van der Waals surface area contributed by atoms with Crippen molar-refractivity contribution in [1.82, 2.24) is 9.55 Å². The van der Waals surface area contributed by atoms with Crippen LogP contribution in [-0.2, 0) is 22.4 Å². The molecule has 2 atom stereocenters. The number of ether oxygens (including phenoxy) is 2. The van der Waals surface area contributed by atoms with Gasteiger partial charge in [-0.2, -0.15) is 0 Å². The van der Waals surface area contributed by atoms with Gasteiger partial charge >= 0.3 is 0 Å². The first-order valence-corrected chi connectivity index (χ1v) is 8.09. The average molecular weight is 321 g/mol. The summed E-state index contributed by atoms with van der Waals surface area (Å²) in [6.45, 7) is 3.41. The molecule has 1 fully saturated rings. The minimum absolute atomic E-state index is 0.162. The molecule has 1 aliphatic heterocycles. The van der Waals surface area contributed by atoms with Gasteiger partial charge in [-0.05, 0) is 24.5 Å². The van der Waals surface area contributed by atoms with Crippen molar-refractivity contribution in [3.63, 3.8) is 0 Å².